The van der Waals surface area contributed by atoms with E-state index in [4.69, 9.17) is 4.42 Å². The van der Waals surface area contributed by atoms with Gasteiger partial charge in [-0.1, -0.05) is 42.5 Å². The molecule has 1 aliphatic rings. The van der Waals surface area contributed by atoms with Gasteiger partial charge in [0.25, 0.3) is 5.91 Å². The molecule has 1 aromatic heterocycles. The second-order valence-electron chi connectivity index (χ2n) is 7.26. The van der Waals surface area contributed by atoms with E-state index >= 15 is 0 Å². The Labute approximate surface area is 162 Å². The Balaban J connectivity index is 1.58. The van der Waals surface area contributed by atoms with E-state index in [1.54, 1.807) is 12.1 Å². The minimum absolute atomic E-state index is 0.0877. The molecule has 1 amide bonds. The lowest BCUT2D eigenvalue weighted by molar-refractivity contribution is -0.129. The van der Waals surface area contributed by atoms with Gasteiger partial charge in [0.2, 0.25) is 5.78 Å². The second-order valence-corrected chi connectivity index (χ2v) is 7.26. The standard InChI is InChI=1S/C23H21NO4/c1-14(2)24-13-19(22(26)23(24)27)21(25)20-11-10-17(28-20)12-16-8-5-7-15-6-3-4-9-18(15)16/h3-11,14,26H,12-13H2,1-2H3. The summed E-state index contributed by atoms with van der Waals surface area (Å²) < 4.78 is 5.77. The summed E-state index contributed by atoms with van der Waals surface area (Å²) in [5.74, 6) is -0.648. The number of carbonyl (C=O) groups is 2. The van der Waals surface area contributed by atoms with Gasteiger partial charge in [0.1, 0.15) is 5.76 Å². The highest BCUT2D eigenvalue weighted by Gasteiger charge is 2.36. The van der Waals surface area contributed by atoms with Crippen LogP contribution in [0.5, 0.6) is 0 Å². The first-order valence-electron chi connectivity index (χ1n) is 9.29. The van der Waals surface area contributed by atoms with Crippen LogP contribution in [0.25, 0.3) is 10.8 Å². The van der Waals surface area contributed by atoms with Gasteiger partial charge in [0.15, 0.2) is 11.5 Å². The number of fused-ring (bicyclic) bond motifs is 1. The van der Waals surface area contributed by atoms with Crippen LogP contribution >= 0.6 is 0 Å². The molecule has 0 saturated heterocycles. The smallest absolute Gasteiger partial charge is 0.289 e. The Morgan fingerprint density at radius 1 is 1.11 bits per heavy atom. The van der Waals surface area contributed by atoms with Crippen LogP contribution in [-0.2, 0) is 11.2 Å². The van der Waals surface area contributed by atoms with Crippen LogP contribution in [0.2, 0.25) is 0 Å². The number of benzene rings is 2. The van der Waals surface area contributed by atoms with E-state index in [1.165, 1.54) is 4.90 Å². The molecule has 0 saturated carbocycles. The van der Waals surface area contributed by atoms with Crippen molar-refractivity contribution >= 4 is 22.5 Å². The zero-order valence-corrected chi connectivity index (χ0v) is 15.8. The summed E-state index contributed by atoms with van der Waals surface area (Å²) in [6.45, 7) is 3.78. The third-order valence-electron chi connectivity index (χ3n) is 5.11. The predicted molar refractivity (Wildman–Crippen MR) is 106 cm³/mol. The Bertz CT molecular complexity index is 1100. The maximum atomic E-state index is 12.8. The molecule has 28 heavy (non-hydrogen) atoms. The highest BCUT2D eigenvalue weighted by atomic mass is 16.3. The van der Waals surface area contributed by atoms with E-state index in [-0.39, 0.29) is 23.9 Å². The van der Waals surface area contributed by atoms with Crippen LogP contribution in [-0.4, -0.2) is 34.3 Å². The van der Waals surface area contributed by atoms with Crippen molar-refractivity contribution in [2.24, 2.45) is 0 Å². The zero-order chi connectivity index (χ0) is 19.8. The summed E-state index contributed by atoms with van der Waals surface area (Å²) >= 11 is 0. The van der Waals surface area contributed by atoms with Crippen molar-refractivity contribution < 1.29 is 19.1 Å². The summed E-state index contributed by atoms with van der Waals surface area (Å²) in [7, 11) is 0. The van der Waals surface area contributed by atoms with Crippen molar-refractivity contribution in [3.63, 3.8) is 0 Å². The van der Waals surface area contributed by atoms with Crippen molar-refractivity contribution in [1.82, 2.24) is 4.90 Å². The van der Waals surface area contributed by atoms with Gasteiger partial charge in [-0.3, -0.25) is 9.59 Å². The number of furan rings is 1. The Kier molecular flexibility index (Phi) is 4.51. The van der Waals surface area contributed by atoms with Gasteiger partial charge in [0, 0.05) is 12.5 Å². The molecule has 0 unspecified atom stereocenters. The van der Waals surface area contributed by atoms with E-state index < -0.39 is 17.4 Å². The SMILES string of the molecule is CC(C)N1CC(C(=O)c2ccc(Cc3cccc4ccccc34)o2)=C(O)C1=O. The number of amides is 1. The molecule has 0 atom stereocenters. The van der Waals surface area contributed by atoms with Gasteiger partial charge in [-0.05, 0) is 42.3 Å². The van der Waals surface area contributed by atoms with Crippen LogP contribution in [0.15, 0.2) is 70.3 Å². The highest BCUT2D eigenvalue weighted by molar-refractivity contribution is 6.14. The van der Waals surface area contributed by atoms with Crippen molar-refractivity contribution in [2.75, 3.05) is 6.54 Å². The average molecular weight is 375 g/mol. The molecule has 4 rings (SSSR count). The number of hydrogen-bond acceptors (Lipinski definition) is 4. The normalized spacial score (nSPS) is 14.5. The maximum Gasteiger partial charge on any atom is 0.289 e. The lowest BCUT2D eigenvalue weighted by Crippen LogP contribution is -2.34. The number of aliphatic hydroxyl groups excluding tert-OH is 1. The number of ketones is 1. The molecule has 2 aromatic carbocycles. The van der Waals surface area contributed by atoms with Crippen LogP contribution in [0, 0.1) is 0 Å². The number of carbonyl (C=O) groups excluding carboxylic acids is 2. The summed E-state index contributed by atoms with van der Waals surface area (Å²) in [6, 6.07) is 17.5. The topological polar surface area (TPSA) is 70.8 Å². The monoisotopic (exact) mass is 375 g/mol. The van der Waals surface area contributed by atoms with E-state index in [2.05, 4.69) is 18.2 Å². The quantitative estimate of drug-likeness (QED) is 0.676. The Hall–Kier alpha value is -3.34. The maximum absolute atomic E-state index is 12.8. The number of hydrogen-bond donors (Lipinski definition) is 1. The van der Waals surface area contributed by atoms with E-state index in [0.29, 0.717) is 12.2 Å². The Morgan fingerprint density at radius 2 is 1.86 bits per heavy atom. The molecule has 0 radical (unpaired) electrons. The zero-order valence-electron chi connectivity index (χ0n) is 15.8. The molecule has 0 bridgehead atoms. The van der Waals surface area contributed by atoms with Gasteiger partial charge in [-0.15, -0.1) is 0 Å². The molecule has 0 spiro atoms. The van der Waals surface area contributed by atoms with Gasteiger partial charge in [0.05, 0.1) is 12.1 Å². The Morgan fingerprint density at radius 3 is 2.61 bits per heavy atom. The molecule has 5 heteroatoms. The first-order chi connectivity index (χ1) is 13.5. The molecular weight excluding hydrogens is 354 g/mol. The molecule has 5 nitrogen and oxygen atoms in total. The van der Waals surface area contributed by atoms with Crippen LogP contribution < -0.4 is 0 Å². The highest BCUT2D eigenvalue weighted by Crippen LogP contribution is 2.26. The fraction of sp³-hybridized carbons (Fsp3) is 0.217. The molecule has 0 aliphatic carbocycles. The molecule has 3 aromatic rings. The molecular formula is C23H21NO4. The van der Waals surface area contributed by atoms with Crippen molar-refractivity contribution in [2.45, 2.75) is 26.3 Å². The molecule has 0 fully saturated rings. The largest absolute Gasteiger partial charge is 0.503 e. The van der Waals surface area contributed by atoms with Gasteiger partial charge in [-0.25, -0.2) is 0 Å². The van der Waals surface area contributed by atoms with Crippen LogP contribution in [0.1, 0.15) is 35.7 Å². The third kappa shape index (κ3) is 3.09. The summed E-state index contributed by atoms with van der Waals surface area (Å²) in [5.41, 5.74) is 1.19. The second kappa shape index (κ2) is 7.00. The predicted octanol–water partition coefficient (Wildman–Crippen LogP) is 4.27. The molecule has 1 aliphatic heterocycles. The fourth-order valence-electron chi connectivity index (χ4n) is 3.56. The fourth-order valence-corrected chi connectivity index (χ4v) is 3.56. The van der Waals surface area contributed by atoms with E-state index in [1.807, 2.05) is 38.1 Å². The third-order valence-corrected chi connectivity index (χ3v) is 5.11. The number of rotatable bonds is 5. The lowest BCUT2D eigenvalue weighted by atomic mass is 10.0. The number of aliphatic hydroxyl groups is 1. The first-order valence-corrected chi connectivity index (χ1v) is 9.29. The summed E-state index contributed by atoms with van der Waals surface area (Å²) in [5, 5.41) is 12.4. The lowest BCUT2D eigenvalue weighted by Gasteiger charge is -2.20. The molecule has 142 valence electrons. The summed E-state index contributed by atoms with van der Waals surface area (Å²) in [4.78, 5) is 26.3. The number of nitrogens with zero attached hydrogens (tertiary/aromatic N) is 1. The van der Waals surface area contributed by atoms with E-state index in [0.717, 1.165) is 16.3 Å². The molecule has 1 N–H and O–H groups in total. The summed E-state index contributed by atoms with van der Waals surface area (Å²) in [6.07, 6.45) is 0.552. The first kappa shape index (κ1) is 18.0. The van der Waals surface area contributed by atoms with Crippen molar-refractivity contribution in [3.05, 3.63) is 83.0 Å². The minimum atomic E-state index is -0.513. The van der Waals surface area contributed by atoms with Crippen molar-refractivity contribution in [1.29, 1.82) is 0 Å². The van der Waals surface area contributed by atoms with Gasteiger partial charge >= 0.3 is 0 Å². The van der Waals surface area contributed by atoms with Crippen LogP contribution in [0.4, 0.5) is 0 Å². The van der Waals surface area contributed by atoms with Crippen molar-refractivity contribution in [3.8, 4) is 0 Å². The number of Topliss-reactive ketones (excluding diaryl/α,β-unsaturated/α-hetero) is 1. The van der Waals surface area contributed by atoms with E-state index in [9.17, 15) is 14.7 Å². The minimum Gasteiger partial charge on any atom is -0.503 e. The van der Waals surface area contributed by atoms with Gasteiger partial charge < -0.3 is 14.4 Å². The van der Waals surface area contributed by atoms with Gasteiger partial charge in [-0.2, -0.15) is 0 Å². The van der Waals surface area contributed by atoms with Crippen LogP contribution in [0.3, 0.4) is 0 Å². The average Bonchev–Trinajstić information content (AvgIpc) is 3.27. The molecule has 2 heterocycles.